The minimum absolute atomic E-state index is 0.105. The Morgan fingerprint density at radius 1 is 0.571 bits per heavy atom. The lowest BCUT2D eigenvalue weighted by Crippen LogP contribution is -2.10. The fourth-order valence-corrected chi connectivity index (χ4v) is 4.16. The van der Waals surface area contributed by atoms with Crippen molar-refractivity contribution in [2.24, 2.45) is 0 Å². The highest BCUT2D eigenvalue weighted by atomic mass is 15.0. The summed E-state index contributed by atoms with van der Waals surface area (Å²) in [6.45, 7) is 11.0. The summed E-state index contributed by atoms with van der Waals surface area (Å²) in [5.74, 6) is 2.12. The number of hydrogen-bond acceptors (Lipinski definition) is 3. The second-order valence-corrected chi connectivity index (χ2v) is 10.5. The van der Waals surface area contributed by atoms with Crippen LogP contribution in [0, 0.1) is 6.92 Å². The van der Waals surface area contributed by atoms with Crippen molar-refractivity contribution in [3.05, 3.63) is 89.5 Å². The fourth-order valence-electron chi connectivity index (χ4n) is 4.16. The van der Waals surface area contributed by atoms with Crippen molar-refractivity contribution in [3.8, 4) is 34.2 Å². The second-order valence-electron chi connectivity index (χ2n) is 10.5. The van der Waals surface area contributed by atoms with Crippen LogP contribution in [-0.4, -0.2) is 15.0 Å². The maximum Gasteiger partial charge on any atom is 0.164 e. The SMILES string of the molecule is CCCCCCc1ccc(-c2nc(-c3ccc(C)cc3)nc(-c3ccc(C(C)(C)C)cc3)n2)cc1. The van der Waals surface area contributed by atoms with Gasteiger partial charge in [-0.2, -0.15) is 0 Å². The molecule has 3 aromatic carbocycles. The number of nitrogens with zero attached hydrogens (tertiary/aromatic N) is 3. The molecule has 0 bridgehead atoms. The summed E-state index contributed by atoms with van der Waals surface area (Å²) in [7, 11) is 0. The molecule has 0 amide bonds. The zero-order valence-electron chi connectivity index (χ0n) is 21.8. The van der Waals surface area contributed by atoms with Gasteiger partial charge in [0.05, 0.1) is 0 Å². The molecule has 0 unspecified atom stereocenters. The van der Waals surface area contributed by atoms with Gasteiger partial charge in [0.25, 0.3) is 0 Å². The summed E-state index contributed by atoms with van der Waals surface area (Å²) in [6, 6.07) is 25.7. The summed E-state index contributed by atoms with van der Waals surface area (Å²) in [6.07, 6.45) is 6.23. The van der Waals surface area contributed by atoms with Gasteiger partial charge in [-0.25, -0.2) is 15.0 Å². The van der Waals surface area contributed by atoms with E-state index in [1.54, 1.807) is 0 Å². The van der Waals surface area contributed by atoms with E-state index in [0.717, 1.165) is 23.1 Å². The Bertz CT molecular complexity index is 1230. The highest BCUT2D eigenvalue weighted by molar-refractivity contribution is 5.66. The molecular weight excluding hydrogens is 426 g/mol. The van der Waals surface area contributed by atoms with Crippen molar-refractivity contribution in [2.75, 3.05) is 0 Å². The predicted molar refractivity (Wildman–Crippen MR) is 147 cm³/mol. The second kappa shape index (κ2) is 10.9. The van der Waals surface area contributed by atoms with E-state index in [0.29, 0.717) is 17.5 Å². The van der Waals surface area contributed by atoms with Crippen molar-refractivity contribution in [1.29, 1.82) is 0 Å². The molecule has 1 aromatic heterocycles. The molecule has 0 N–H and O–H groups in total. The van der Waals surface area contributed by atoms with Gasteiger partial charge in [0.1, 0.15) is 0 Å². The van der Waals surface area contributed by atoms with Gasteiger partial charge in [-0.05, 0) is 36.3 Å². The lowest BCUT2D eigenvalue weighted by Gasteiger charge is -2.19. The molecule has 0 saturated heterocycles. The molecule has 4 aromatic rings. The minimum Gasteiger partial charge on any atom is -0.208 e. The number of aryl methyl sites for hydroxylation is 2. The molecule has 0 radical (unpaired) electrons. The normalized spacial score (nSPS) is 11.6. The van der Waals surface area contributed by atoms with Gasteiger partial charge in [0, 0.05) is 16.7 Å². The molecule has 0 aliphatic heterocycles. The predicted octanol–water partition coefficient (Wildman–Crippen LogP) is 8.60. The number of benzene rings is 3. The Morgan fingerprint density at radius 2 is 1.03 bits per heavy atom. The molecular formula is C32H37N3. The Hall–Kier alpha value is -3.33. The smallest absolute Gasteiger partial charge is 0.164 e. The van der Waals surface area contributed by atoms with Crippen LogP contribution in [0.5, 0.6) is 0 Å². The first kappa shape index (κ1) is 24.8. The maximum atomic E-state index is 4.90. The molecule has 4 rings (SSSR count). The van der Waals surface area contributed by atoms with Crippen molar-refractivity contribution in [3.63, 3.8) is 0 Å². The largest absolute Gasteiger partial charge is 0.208 e. The fraction of sp³-hybridized carbons (Fsp3) is 0.344. The summed E-state index contributed by atoms with van der Waals surface area (Å²) in [5, 5.41) is 0. The van der Waals surface area contributed by atoms with Crippen LogP contribution in [0.25, 0.3) is 34.2 Å². The molecule has 180 valence electrons. The monoisotopic (exact) mass is 463 g/mol. The third kappa shape index (κ3) is 6.42. The van der Waals surface area contributed by atoms with Gasteiger partial charge in [-0.1, -0.05) is 125 Å². The third-order valence-corrected chi connectivity index (χ3v) is 6.49. The van der Waals surface area contributed by atoms with Crippen LogP contribution < -0.4 is 0 Å². The van der Waals surface area contributed by atoms with Gasteiger partial charge < -0.3 is 0 Å². The van der Waals surface area contributed by atoms with Gasteiger partial charge in [-0.3, -0.25) is 0 Å². The highest BCUT2D eigenvalue weighted by Crippen LogP contribution is 2.28. The van der Waals surface area contributed by atoms with E-state index in [1.165, 1.54) is 42.4 Å². The van der Waals surface area contributed by atoms with Crippen LogP contribution >= 0.6 is 0 Å². The van der Waals surface area contributed by atoms with Crippen LogP contribution in [0.1, 0.15) is 70.1 Å². The lowest BCUT2D eigenvalue weighted by molar-refractivity contribution is 0.590. The van der Waals surface area contributed by atoms with Gasteiger partial charge in [0.15, 0.2) is 17.5 Å². The first-order valence-electron chi connectivity index (χ1n) is 12.9. The Morgan fingerprint density at radius 3 is 1.49 bits per heavy atom. The zero-order valence-corrected chi connectivity index (χ0v) is 21.8. The van der Waals surface area contributed by atoms with E-state index in [1.807, 2.05) is 0 Å². The average molecular weight is 464 g/mol. The van der Waals surface area contributed by atoms with E-state index in [9.17, 15) is 0 Å². The Labute approximate surface area is 210 Å². The Balaban J connectivity index is 1.70. The molecule has 0 aliphatic carbocycles. The molecule has 0 atom stereocenters. The van der Waals surface area contributed by atoms with Crippen LogP contribution in [0.4, 0.5) is 0 Å². The van der Waals surface area contributed by atoms with Crippen LogP contribution in [-0.2, 0) is 11.8 Å². The Kier molecular flexibility index (Phi) is 7.75. The first-order valence-corrected chi connectivity index (χ1v) is 12.9. The molecule has 3 nitrogen and oxygen atoms in total. The molecule has 0 saturated carbocycles. The number of hydrogen-bond donors (Lipinski definition) is 0. The van der Waals surface area contributed by atoms with Crippen molar-refractivity contribution in [2.45, 2.75) is 72.1 Å². The molecule has 0 spiro atoms. The summed E-state index contributed by atoms with van der Waals surface area (Å²) >= 11 is 0. The van der Waals surface area contributed by atoms with Crippen molar-refractivity contribution < 1.29 is 0 Å². The molecule has 3 heteroatoms. The average Bonchev–Trinajstić information content (AvgIpc) is 2.87. The van der Waals surface area contributed by atoms with E-state index in [4.69, 9.17) is 15.0 Å². The zero-order chi connectivity index (χ0) is 24.8. The third-order valence-electron chi connectivity index (χ3n) is 6.49. The minimum atomic E-state index is 0.105. The van der Waals surface area contributed by atoms with E-state index in [2.05, 4.69) is 107 Å². The van der Waals surface area contributed by atoms with Crippen molar-refractivity contribution in [1.82, 2.24) is 15.0 Å². The highest BCUT2D eigenvalue weighted by Gasteiger charge is 2.15. The summed E-state index contributed by atoms with van der Waals surface area (Å²) in [5.41, 5.74) is 7.01. The molecule has 0 aliphatic rings. The van der Waals surface area contributed by atoms with Crippen LogP contribution in [0.2, 0.25) is 0 Å². The lowest BCUT2D eigenvalue weighted by atomic mass is 9.87. The topological polar surface area (TPSA) is 38.7 Å². The maximum absolute atomic E-state index is 4.90. The number of aromatic nitrogens is 3. The molecule has 0 fully saturated rings. The number of rotatable bonds is 8. The van der Waals surface area contributed by atoms with Gasteiger partial charge >= 0.3 is 0 Å². The quantitative estimate of drug-likeness (QED) is 0.246. The van der Waals surface area contributed by atoms with Gasteiger partial charge in [-0.15, -0.1) is 0 Å². The molecule has 35 heavy (non-hydrogen) atoms. The number of unbranched alkanes of at least 4 members (excludes halogenated alkanes) is 3. The van der Waals surface area contributed by atoms with E-state index in [-0.39, 0.29) is 5.41 Å². The molecule has 1 heterocycles. The van der Waals surface area contributed by atoms with E-state index < -0.39 is 0 Å². The first-order chi connectivity index (χ1) is 16.8. The summed E-state index contributed by atoms with van der Waals surface area (Å²) < 4.78 is 0. The van der Waals surface area contributed by atoms with Gasteiger partial charge in [0.2, 0.25) is 0 Å². The summed E-state index contributed by atoms with van der Waals surface area (Å²) in [4.78, 5) is 14.7. The van der Waals surface area contributed by atoms with E-state index >= 15 is 0 Å². The standard InChI is InChI=1S/C32H37N3/c1-6-7-8-9-10-24-13-17-26(18-14-24)30-33-29(25-15-11-23(2)12-16-25)34-31(35-30)27-19-21-28(22-20-27)32(3,4)5/h11-22H,6-10H2,1-5H3. The van der Waals surface area contributed by atoms with Crippen molar-refractivity contribution >= 4 is 0 Å². The van der Waals surface area contributed by atoms with Crippen LogP contribution in [0.15, 0.2) is 72.8 Å². The van der Waals surface area contributed by atoms with Crippen LogP contribution in [0.3, 0.4) is 0 Å².